The molecular weight excluding hydrogens is 256 g/mol. The molecule has 0 amide bonds. The van der Waals surface area contributed by atoms with Crippen molar-refractivity contribution in [2.24, 2.45) is 0 Å². The summed E-state index contributed by atoms with van der Waals surface area (Å²) in [7, 11) is 5.00. The van der Waals surface area contributed by atoms with Crippen molar-refractivity contribution in [2.75, 3.05) is 31.9 Å². The number of aryl methyl sites for hydroxylation is 1. The van der Waals surface area contributed by atoms with E-state index in [9.17, 15) is 0 Å². The summed E-state index contributed by atoms with van der Waals surface area (Å²) in [6.07, 6.45) is 1.77. The van der Waals surface area contributed by atoms with Crippen LogP contribution in [0.4, 0.5) is 17.5 Å². The van der Waals surface area contributed by atoms with Gasteiger partial charge in [-0.05, 0) is 19.1 Å². The number of ether oxygens (including phenoxy) is 2. The summed E-state index contributed by atoms with van der Waals surface area (Å²) >= 11 is 0. The number of anilines is 3. The Morgan fingerprint density at radius 3 is 2.50 bits per heavy atom. The zero-order valence-electron chi connectivity index (χ0n) is 12.0. The lowest BCUT2D eigenvalue weighted by Crippen LogP contribution is -2.02. The molecule has 0 spiro atoms. The minimum Gasteiger partial charge on any atom is -0.493 e. The van der Waals surface area contributed by atoms with E-state index in [-0.39, 0.29) is 0 Å². The van der Waals surface area contributed by atoms with Crippen LogP contribution in [0.15, 0.2) is 24.4 Å². The first-order chi connectivity index (χ1) is 9.67. The van der Waals surface area contributed by atoms with Crippen LogP contribution in [-0.4, -0.2) is 31.2 Å². The van der Waals surface area contributed by atoms with Gasteiger partial charge in [0.1, 0.15) is 5.82 Å². The lowest BCUT2D eigenvalue weighted by molar-refractivity contribution is 0.355. The number of benzene rings is 1. The predicted octanol–water partition coefficient (Wildman–Crippen LogP) is 2.59. The Hall–Kier alpha value is -2.50. The molecule has 0 aliphatic heterocycles. The molecule has 1 aromatic carbocycles. The van der Waals surface area contributed by atoms with Crippen molar-refractivity contribution in [3.8, 4) is 11.5 Å². The fourth-order valence-corrected chi connectivity index (χ4v) is 1.74. The van der Waals surface area contributed by atoms with Crippen LogP contribution in [0.1, 0.15) is 5.56 Å². The van der Waals surface area contributed by atoms with Gasteiger partial charge in [0.15, 0.2) is 11.5 Å². The first kappa shape index (κ1) is 13.9. The Bertz CT molecular complexity index is 602. The predicted molar refractivity (Wildman–Crippen MR) is 79.1 cm³/mol. The summed E-state index contributed by atoms with van der Waals surface area (Å²) in [5, 5.41) is 6.16. The minimum atomic E-state index is 0.568. The molecule has 2 N–H and O–H groups in total. The van der Waals surface area contributed by atoms with E-state index in [1.54, 1.807) is 27.5 Å². The molecule has 2 aromatic rings. The highest BCUT2D eigenvalue weighted by atomic mass is 16.5. The summed E-state index contributed by atoms with van der Waals surface area (Å²) in [5.41, 5.74) is 1.82. The van der Waals surface area contributed by atoms with E-state index in [4.69, 9.17) is 9.47 Å². The van der Waals surface area contributed by atoms with Crippen LogP contribution in [0.2, 0.25) is 0 Å². The van der Waals surface area contributed by atoms with E-state index in [2.05, 4.69) is 20.6 Å². The van der Waals surface area contributed by atoms with E-state index in [1.807, 2.05) is 25.1 Å². The van der Waals surface area contributed by atoms with Crippen molar-refractivity contribution in [1.29, 1.82) is 0 Å². The van der Waals surface area contributed by atoms with Gasteiger partial charge in [0.2, 0.25) is 5.95 Å². The van der Waals surface area contributed by atoms with Crippen LogP contribution in [0.5, 0.6) is 11.5 Å². The summed E-state index contributed by atoms with van der Waals surface area (Å²) in [4.78, 5) is 8.53. The summed E-state index contributed by atoms with van der Waals surface area (Å²) in [6.45, 7) is 1.95. The third-order valence-corrected chi connectivity index (χ3v) is 2.84. The summed E-state index contributed by atoms with van der Waals surface area (Å²) < 4.78 is 10.5. The molecule has 1 heterocycles. The average molecular weight is 274 g/mol. The molecule has 0 radical (unpaired) electrons. The molecule has 20 heavy (non-hydrogen) atoms. The van der Waals surface area contributed by atoms with Gasteiger partial charge in [0.05, 0.1) is 14.2 Å². The van der Waals surface area contributed by atoms with Crippen molar-refractivity contribution in [3.05, 3.63) is 30.0 Å². The highest BCUT2D eigenvalue weighted by Gasteiger charge is 2.07. The van der Waals surface area contributed by atoms with Crippen molar-refractivity contribution in [2.45, 2.75) is 6.92 Å². The van der Waals surface area contributed by atoms with Gasteiger partial charge in [-0.2, -0.15) is 4.98 Å². The second-order valence-corrected chi connectivity index (χ2v) is 4.17. The van der Waals surface area contributed by atoms with E-state index in [0.29, 0.717) is 17.4 Å². The fraction of sp³-hybridized carbons (Fsp3) is 0.286. The van der Waals surface area contributed by atoms with E-state index in [0.717, 1.165) is 17.1 Å². The van der Waals surface area contributed by atoms with Gasteiger partial charge in [-0.1, -0.05) is 0 Å². The molecule has 0 saturated heterocycles. The lowest BCUT2D eigenvalue weighted by atomic mass is 10.2. The standard InChI is InChI=1S/C14H18N4O2/c1-9-8-16-14(15-2)18-13(9)17-10-5-6-11(19-3)12(7-10)20-4/h5-8H,1-4H3,(H2,15,16,17,18). The molecular formula is C14H18N4O2. The van der Waals surface area contributed by atoms with Crippen molar-refractivity contribution in [3.63, 3.8) is 0 Å². The Labute approximate surface area is 118 Å². The molecule has 6 nitrogen and oxygen atoms in total. The third-order valence-electron chi connectivity index (χ3n) is 2.84. The average Bonchev–Trinajstić information content (AvgIpc) is 2.49. The largest absolute Gasteiger partial charge is 0.493 e. The number of nitrogens with one attached hydrogen (secondary N) is 2. The van der Waals surface area contributed by atoms with E-state index >= 15 is 0 Å². The van der Waals surface area contributed by atoms with Gasteiger partial charge >= 0.3 is 0 Å². The van der Waals surface area contributed by atoms with Gasteiger partial charge in [0, 0.05) is 30.6 Å². The third kappa shape index (κ3) is 2.90. The number of hydrogen-bond donors (Lipinski definition) is 2. The Kier molecular flexibility index (Phi) is 4.24. The maximum atomic E-state index is 5.28. The van der Waals surface area contributed by atoms with Crippen LogP contribution >= 0.6 is 0 Å². The van der Waals surface area contributed by atoms with Gasteiger partial charge in [-0.25, -0.2) is 4.98 Å². The molecule has 0 aliphatic carbocycles. The molecule has 6 heteroatoms. The molecule has 0 atom stereocenters. The van der Waals surface area contributed by atoms with Crippen LogP contribution in [0, 0.1) is 6.92 Å². The van der Waals surface area contributed by atoms with Crippen molar-refractivity contribution in [1.82, 2.24) is 9.97 Å². The molecule has 106 valence electrons. The Balaban J connectivity index is 2.30. The molecule has 0 saturated carbocycles. The van der Waals surface area contributed by atoms with E-state index in [1.165, 1.54) is 0 Å². The Morgan fingerprint density at radius 1 is 1.10 bits per heavy atom. The van der Waals surface area contributed by atoms with Crippen LogP contribution in [0.3, 0.4) is 0 Å². The number of methoxy groups -OCH3 is 2. The molecule has 0 fully saturated rings. The minimum absolute atomic E-state index is 0.568. The number of aromatic nitrogens is 2. The van der Waals surface area contributed by atoms with Crippen LogP contribution in [-0.2, 0) is 0 Å². The molecule has 0 bridgehead atoms. The van der Waals surface area contributed by atoms with Gasteiger partial charge in [-0.3, -0.25) is 0 Å². The highest BCUT2D eigenvalue weighted by molar-refractivity contribution is 5.63. The van der Waals surface area contributed by atoms with Gasteiger partial charge in [-0.15, -0.1) is 0 Å². The normalized spacial score (nSPS) is 10.0. The van der Waals surface area contributed by atoms with Crippen molar-refractivity contribution >= 4 is 17.5 Å². The molecule has 1 aromatic heterocycles. The Morgan fingerprint density at radius 2 is 1.85 bits per heavy atom. The van der Waals surface area contributed by atoms with E-state index < -0.39 is 0 Å². The summed E-state index contributed by atoms with van der Waals surface area (Å²) in [6, 6.07) is 5.61. The fourth-order valence-electron chi connectivity index (χ4n) is 1.74. The number of nitrogens with zero attached hydrogens (tertiary/aromatic N) is 2. The quantitative estimate of drug-likeness (QED) is 0.873. The topological polar surface area (TPSA) is 68.3 Å². The lowest BCUT2D eigenvalue weighted by Gasteiger charge is -2.12. The molecule has 0 unspecified atom stereocenters. The number of rotatable bonds is 5. The second kappa shape index (κ2) is 6.10. The van der Waals surface area contributed by atoms with Crippen molar-refractivity contribution < 1.29 is 9.47 Å². The van der Waals surface area contributed by atoms with Gasteiger partial charge < -0.3 is 20.1 Å². The zero-order valence-corrected chi connectivity index (χ0v) is 12.0. The maximum Gasteiger partial charge on any atom is 0.224 e. The maximum absolute atomic E-state index is 5.28. The monoisotopic (exact) mass is 274 g/mol. The second-order valence-electron chi connectivity index (χ2n) is 4.17. The van der Waals surface area contributed by atoms with Gasteiger partial charge in [0.25, 0.3) is 0 Å². The van der Waals surface area contributed by atoms with Crippen LogP contribution in [0.25, 0.3) is 0 Å². The zero-order chi connectivity index (χ0) is 14.5. The SMILES string of the molecule is CNc1ncc(C)c(Nc2ccc(OC)c(OC)c2)n1. The highest BCUT2D eigenvalue weighted by Crippen LogP contribution is 2.31. The first-order valence-corrected chi connectivity index (χ1v) is 6.18. The first-order valence-electron chi connectivity index (χ1n) is 6.18. The number of hydrogen-bond acceptors (Lipinski definition) is 6. The smallest absolute Gasteiger partial charge is 0.224 e. The molecule has 0 aliphatic rings. The van der Waals surface area contributed by atoms with Crippen LogP contribution < -0.4 is 20.1 Å². The summed E-state index contributed by atoms with van der Waals surface area (Å²) in [5.74, 6) is 2.67. The molecule has 2 rings (SSSR count).